The van der Waals surface area contributed by atoms with Crippen LogP contribution in [0.1, 0.15) is 35.9 Å². The maximum absolute atomic E-state index is 10.6. The fraction of sp³-hybridized carbons (Fsp3) is 0.526. The summed E-state index contributed by atoms with van der Waals surface area (Å²) in [6, 6.07) is 5.95. The second kappa shape index (κ2) is 9.36. The van der Waals surface area contributed by atoms with Crippen LogP contribution in [0.5, 0.6) is 0 Å². The number of aliphatic carboxylic acids is 1. The molecule has 1 fully saturated rings. The van der Waals surface area contributed by atoms with E-state index in [0.717, 1.165) is 36.9 Å². The summed E-state index contributed by atoms with van der Waals surface area (Å²) in [5, 5.41) is 11.8. The molecule has 3 heterocycles. The lowest BCUT2D eigenvalue weighted by molar-refractivity contribution is -0.192. The van der Waals surface area contributed by atoms with Crippen molar-refractivity contribution in [1.29, 1.82) is 0 Å². The van der Waals surface area contributed by atoms with Gasteiger partial charge in [-0.15, -0.1) is 0 Å². The molecule has 1 atom stereocenters. The number of pyridine rings is 1. The van der Waals surface area contributed by atoms with Gasteiger partial charge in [-0.25, -0.2) is 4.79 Å². The van der Waals surface area contributed by atoms with E-state index >= 15 is 0 Å². The molecule has 29 heavy (non-hydrogen) atoms. The first-order chi connectivity index (χ1) is 13.8. The number of halogens is 3. The molecule has 7 nitrogen and oxygen atoms in total. The summed E-state index contributed by atoms with van der Waals surface area (Å²) in [6.45, 7) is 2.93. The van der Waals surface area contributed by atoms with E-state index in [-0.39, 0.29) is 6.10 Å². The van der Waals surface area contributed by atoms with E-state index in [9.17, 15) is 13.2 Å². The summed E-state index contributed by atoms with van der Waals surface area (Å²) in [5.41, 5.74) is 3.34. The van der Waals surface area contributed by atoms with Gasteiger partial charge in [0.2, 0.25) is 0 Å². The van der Waals surface area contributed by atoms with Crippen LogP contribution in [0.15, 0.2) is 30.6 Å². The van der Waals surface area contributed by atoms with Crippen molar-refractivity contribution in [2.24, 2.45) is 5.92 Å². The Balaban J connectivity index is 0.000000298. The van der Waals surface area contributed by atoms with Crippen LogP contribution in [0.2, 0.25) is 0 Å². The molecule has 2 aliphatic rings. The molecular weight excluding hydrogens is 391 g/mol. The number of hydrogen-bond donors (Lipinski definition) is 1. The Morgan fingerprint density at radius 2 is 2.07 bits per heavy atom. The molecule has 1 saturated carbocycles. The molecule has 1 aliphatic carbocycles. The van der Waals surface area contributed by atoms with Gasteiger partial charge in [0, 0.05) is 19.0 Å². The van der Waals surface area contributed by atoms with Crippen molar-refractivity contribution in [2.75, 3.05) is 19.8 Å². The number of hydrogen-bond acceptors (Lipinski definition) is 5. The van der Waals surface area contributed by atoms with Crippen LogP contribution < -0.4 is 0 Å². The molecule has 2 aromatic rings. The average Bonchev–Trinajstić information content (AvgIpc) is 3.40. The minimum Gasteiger partial charge on any atom is -0.475 e. The van der Waals surface area contributed by atoms with Gasteiger partial charge in [0.1, 0.15) is 6.10 Å². The number of carbonyl (C=O) groups is 1. The first-order valence-corrected chi connectivity index (χ1v) is 9.28. The Bertz CT molecular complexity index is 807. The van der Waals surface area contributed by atoms with Crippen LogP contribution >= 0.6 is 0 Å². The van der Waals surface area contributed by atoms with Crippen molar-refractivity contribution in [3.63, 3.8) is 0 Å². The maximum Gasteiger partial charge on any atom is 0.490 e. The molecule has 10 heteroatoms. The Kier molecular flexibility index (Phi) is 6.86. The molecule has 2 aromatic heterocycles. The van der Waals surface area contributed by atoms with Crippen molar-refractivity contribution in [2.45, 2.75) is 38.1 Å². The number of carboxylic acids is 1. The van der Waals surface area contributed by atoms with Gasteiger partial charge in [-0.2, -0.15) is 18.3 Å². The van der Waals surface area contributed by atoms with Crippen molar-refractivity contribution >= 4 is 5.97 Å². The van der Waals surface area contributed by atoms with Crippen LogP contribution in [0, 0.1) is 5.92 Å². The minimum absolute atomic E-state index is 0.0208. The Hall–Kier alpha value is -2.46. The highest BCUT2D eigenvalue weighted by Gasteiger charge is 2.38. The minimum atomic E-state index is -5.08. The first-order valence-electron chi connectivity index (χ1n) is 9.28. The number of fused-ring (bicyclic) bond motifs is 1. The summed E-state index contributed by atoms with van der Waals surface area (Å²) in [4.78, 5) is 13.3. The predicted octanol–water partition coefficient (Wildman–Crippen LogP) is 3.00. The van der Waals surface area contributed by atoms with Crippen molar-refractivity contribution in [1.82, 2.24) is 14.8 Å². The fourth-order valence-corrected chi connectivity index (χ4v) is 2.82. The molecule has 0 spiro atoms. The van der Waals surface area contributed by atoms with E-state index in [1.165, 1.54) is 18.4 Å². The van der Waals surface area contributed by atoms with Crippen LogP contribution in [-0.4, -0.2) is 51.8 Å². The van der Waals surface area contributed by atoms with Gasteiger partial charge in [0.15, 0.2) is 0 Å². The molecule has 4 rings (SSSR count). The largest absolute Gasteiger partial charge is 0.490 e. The summed E-state index contributed by atoms with van der Waals surface area (Å²) in [7, 11) is 0. The zero-order valence-electron chi connectivity index (χ0n) is 15.6. The molecule has 1 aliphatic heterocycles. The van der Waals surface area contributed by atoms with Gasteiger partial charge < -0.3 is 14.6 Å². The molecule has 0 amide bonds. The molecule has 1 N–H and O–H groups in total. The van der Waals surface area contributed by atoms with E-state index < -0.39 is 12.1 Å². The molecule has 0 radical (unpaired) electrons. The monoisotopic (exact) mass is 413 g/mol. The second-order valence-electron chi connectivity index (χ2n) is 6.95. The number of rotatable bonds is 6. The highest BCUT2D eigenvalue weighted by molar-refractivity contribution is 5.73. The fourth-order valence-electron chi connectivity index (χ4n) is 2.82. The van der Waals surface area contributed by atoms with Gasteiger partial charge in [-0.1, -0.05) is 6.07 Å². The molecule has 0 saturated heterocycles. The van der Waals surface area contributed by atoms with Gasteiger partial charge in [-0.05, 0) is 42.9 Å². The standard InChI is InChI=1S/C17H21N3O2.C2HF3O2/c1-2-7-18-15(3-1)10-20-9-14-6-8-22-16(17(14)19-20)12-21-11-13-4-5-13;3-2(4,5)1(6)7/h1-3,7,9,13,16H,4-6,8,10-12H2;(H,6,7). The lowest BCUT2D eigenvalue weighted by atomic mass is 10.1. The average molecular weight is 413 g/mol. The second-order valence-corrected chi connectivity index (χ2v) is 6.95. The van der Waals surface area contributed by atoms with Crippen molar-refractivity contribution in [3.8, 4) is 0 Å². The number of nitrogens with zero attached hydrogens (tertiary/aromatic N) is 3. The van der Waals surface area contributed by atoms with E-state index in [0.29, 0.717) is 13.2 Å². The Morgan fingerprint density at radius 3 is 2.69 bits per heavy atom. The summed E-state index contributed by atoms with van der Waals surface area (Å²) in [6.07, 6.45) is 2.39. The van der Waals surface area contributed by atoms with Crippen molar-refractivity contribution in [3.05, 3.63) is 47.5 Å². The number of carboxylic acid groups (broad SMARTS) is 1. The van der Waals surface area contributed by atoms with Crippen LogP contribution in [0.4, 0.5) is 13.2 Å². The third-order valence-corrected chi connectivity index (χ3v) is 4.48. The number of alkyl halides is 3. The molecular formula is C19H22F3N3O4. The van der Waals surface area contributed by atoms with E-state index in [4.69, 9.17) is 24.5 Å². The Morgan fingerprint density at radius 1 is 1.31 bits per heavy atom. The maximum atomic E-state index is 10.6. The summed E-state index contributed by atoms with van der Waals surface area (Å²) < 4.78 is 45.4. The zero-order chi connectivity index (χ0) is 20.9. The van der Waals surface area contributed by atoms with E-state index in [1.807, 2.05) is 29.1 Å². The molecule has 0 aromatic carbocycles. The van der Waals surface area contributed by atoms with Gasteiger partial charge >= 0.3 is 12.1 Å². The van der Waals surface area contributed by atoms with Crippen molar-refractivity contribution < 1.29 is 32.5 Å². The number of ether oxygens (including phenoxy) is 2. The highest BCUT2D eigenvalue weighted by Crippen LogP contribution is 2.30. The third kappa shape index (κ3) is 6.53. The molecule has 0 bridgehead atoms. The predicted molar refractivity (Wildman–Crippen MR) is 95.2 cm³/mol. The molecule has 158 valence electrons. The van der Waals surface area contributed by atoms with Crippen LogP contribution in [0.3, 0.4) is 0 Å². The Labute approximate surface area is 165 Å². The SMILES string of the molecule is O=C(O)C(F)(F)F.c1ccc(Cn2cc3c(n2)C(COCC2CC2)OCC3)nc1. The lowest BCUT2D eigenvalue weighted by Crippen LogP contribution is -2.21. The van der Waals surface area contributed by atoms with E-state index in [1.54, 1.807) is 0 Å². The quantitative estimate of drug-likeness (QED) is 0.784. The van der Waals surface area contributed by atoms with Crippen LogP contribution in [0.25, 0.3) is 0 Å². The van der Waals surface area contributed by atoms with Crippen LogP contribution in [-0.2, 0) is 27.2 Å². The summed E-state index contributed by atoms with van der Waals surface area (Å²) >= 11 is 0. The normalized spacial score (nSPS) is 18.5. The van der Waals surface area contributed by atoms with Gasteiger partial charge in [-0.3, -0.25) is 9.67 Å². The van der Waals surface area contributed by atoms with Gasteiger partial charge in [0.05, 0.1) is 31.1 Å². The topological polar surface area (TPSA) is 86.5 Å². The smallest absolute Gasteiger partial charge is 0.475 e. The lowest BCUT2D eigenvalue weighted by Gasteiger charge is -2.21. The van der Waals surface area contributed by atoms with E-state index in [2.05, 4.69) is 11.2 Å². The number of aromatic nitrogens is 3. The zero-order valence-corrected chi connectivity index (χ0v) is 15.6. The summed E-state index contributed by atoms with van der Waals surface area (Å²) in [5.74, 6) is -1.97. The van der Waals surface area contributed by atoms with Gasteiger partial charge in [0.25, 0.3) is 0 Å². The highest BCUT2D eigenvalue weighted by atomic mass is 19.4. The molecule has 1 unspecified atom stereocenters. The third-order valence-electron chi connectivity index (χ3n) is 4.48. The first kappa shape index (κ1) is 21.3.